The fourth-order valence-electron chi connectivity index (χ4n) is 2.63. The van der Waals surface area contributed by atoms with E-state index < -0.39 is 5.60 Å². The number of hydrogen-bond donors (Lipinski definition) is 2. The van der Waals surface area contributed by atoms with Gasteiger partial charge in [0.2, 0.25) is 0 Å². The number of ether oxygens (including phenoxy) is 1. The van der Waals surface area contributed by atoms with E-state index in [2.05, 4.69) is 0 Å². The summed E-state index contributed by atoms with van der Waals surface area (Å²) < 4.78 is 5.92. The van der Waals surface area contributed by atoms with Gasteiger partial charge >= 0.3 is 0 Å². The van der Waals surface area contributed by atoms with Crippen LogP contribution in [0.2, 0.25) is 0 Å². The topological polar surface area (TPSA) is 66.8 Å². The second kappa shape index (κ2) is 6.34. The number of allylic oxidation sites excluding steroid dienone is 2. The first-order chi connectivity index (χ1) is 11.0. The van der Waals surface area contributed by atoms with E-state index in [1.54, 1.807) is 19.9 Å². The number of fused-ring (bicyclic) bond motifs is 1. The van der Waals surface area contributed by atoms with Crippen LogP contribution in [0.5, 0.6) is 17.2 Å². The lowest BCUT2D eigenvalue weighted by atomic mass is 9.89. The Morgan fingerprint density at radius 3 is 2.42 bits per heavy atom. The number of ketones is 1. The van der Waals surface area contributed by atoms with Crippen molar-refractivity contribution in [1.82, 2.24) is 0 Å². The molecule has 0 fully saturated rings. The van der Waals surface area contributed by atoms with Gasteiger partial charge in [-0.2, -0.15) is 0 Å². The fourth-order valence-corrected chi connectivity index (χ4v) is 2.63. The van der Waals surface area contributed by atoms with Gasteiger partial charge in [0.05, 0.1) is 5.56 Å². The lowest BCUT2D eigenvalue weighted by molar-refractivity contribution is 0.0922. The molecule has 24 heavy (non-hydrogen) atoms. The Labute approximate surface area is 143 Å². The van der Waals surface area contributed by atoms with Gasteiger partial charge < -0.3 is 14.9 Å². The van der Waals surface area contributed by atoms with Gasteiger partial charge in [0.1, 0.15) is 28.4 Å². The zero-order valence-electron chi connectivity index (χ0n) is 15.2. The van der Waals surface area contributed by atoms with Crippen molar-refractivity contribution in [2.24, 2.45) is 5.92 Å². The molecule has 0 amide bonds. The molecule has 0 saturated heterocycles. The van der Waals surface area contributed by atoms with Gasteiger partial charge in [-0.15, -0.1) is 0 Å². The molecule has 0 aliphatic carbocycles. The van der Waals surface area contributed by atoms with Crippen LogP contribution in [0, 0.1) is 5.92 Å². The van der Waals surface area contributed by atoms with Gasteiger partial charge in [-0.1, -0.05) is 25.5 Å². The maximum atomic E-state index is 12.7. The maximum Gasteiger partial charge on any atom is 0.172 e. The average molecular weight is 330 g/mol. The highest BCUT2D eigenvalue weighted by molar-refractivity contribution is 6.04. The van der Waals surface area contributed by atoms with Crippen LogP contribution in [0.4, 0.5) is 0 Å². The Balaban J connectivity index is 2.77. The largest absolute Gasteiger partial charge is 0.507 e. The molecule has 4 heteroatoms. The quantitative estimate of drug-likeness (QED) is 0.624. The van der Waals surface area contributed by atoms with Crippen molar-refractivity contribution in [3.63, 3.8) is 0 Å². The van der Waals surface area contributed by atoms with E-state index >= 15 is 0 Å². The number of rotatable bonds is 4. The number of phenolic OH excluding ortho intramolecular Hbond substituents is 2. The molecule has 0 atom stereocenters. The van der Waals surface area contributed by atoms with E-state index in [0.717, 1.165) is 5.57 Å². The number of aromatic hydroxyl groups is 2. The lowest BCUT2D eigenvalue weighted by Crippen LogP contribution is -2.29. The van der Waals surface area contributed by atoms with Crippen LogP contribution in [0.25, 0.3) is 6.08 Å². The van der Waals surface area contributed by atoms with E-state index in [1.807, 2.05) is 39.8 Å². The average Bonchev–Trinajstić information content (AvgIpc) is 2.45. The summed E-state index contributed by atoms with van der Waals surface area (Å²) in [4.78, 5) is 12.7. The Hall–Kier alpha value is -2.23. The molecule has 1 aliphatic heterocycles. The number of phenols is 2. The van der Waals surface area contributed by atoms with Crippen LogP contribution in [0.1, 0.15) is 63.0 Å². The first-order valence-electron chi connectivity index (χ1n) is 8.21. The van der Waals surface area contributed by atoms with E-state index in [0.29, 0.717) is 17.5 Å². The summed E-state index contributed by atoms with van der Waals surface area (Å²) in [5, 5.41) is 21.3. The standard InChI is InChI=1S/C20H26O4/c1-11(2)7-8-13-17(22)14-9-10-20(5,6)24-19(14)15(18(13)23)16(21)12(3)4/h7,9-10,12,22-23H,8H2,1-6H3. The summed E-state index contributed by atoms with van der Waals surface area (Å²) >= 11 is 0. The van der Waals surface area contributed by atoms with Crippen LogP contribution in [0.15, 0.2) is 17.7 Å². The third kappa shape index (κ3) is 3.32. The van der Waals surface area contributed by atoms with Crippen molar-refractivity contribution in [2.45, 2.75) is 53.6 Å². The highest BCUT2D eigenvalue weighted by Gasteiger charge is 2.33. The second-order valence-electron chi connectivity index (χ2n) is 7.34. The first-order valence-corrected chi connectivity index (χ1v) is 8.21. The van der Waals surface area contributed by atoms with Crippen LogP contribution < -0.4 is 4.74 Å². The molecule has 130 valence electrons. The summed E-state index contributed by atoms with van der Waals surface area (Å²) in [6, 6.07) is 0. The van der Waals surface area contributed by atoms with E-state index in [-0.39, 0.29) is 34.5 Å². The highest BCUT2D eigenvalue weighted by atomic mass is 16.5. The zero-order chi connectivity index (χ0) is 18.2. The highest BCUT2D eigenvalue weighted by Crippen LogP contribution is 2.47. The lowest BCUT2D eigenvalue weighted by Gasteiger charge is -2.31. The molecule has 0 bridgehead atoms. The zero-order valence-corrected chi connectivity index (χ0v) is 15.2. The van der Waals surface area contributed by atoms with Crippen molar-refractivity contribution in [2.75, 3.05) is 0 Å². The number of carbonyl (C=O) groups is 1. The summed E-state index contributed by atoms with van der Waals surface area (Å²) in [5.41, 5.74) is 1.42. The SMILES string of the molecule is CC(C)=CCc1c(O)c2c(c(C(=O)C(C)C)c1O)OC(C)(C)C=C2. The molecule has 0 unspecified atom stereocenters. The molecule has 1 aliphatic rings. The maximum absolute atomic E-state index is 12.7. The number of hydrogen-bond acceptors (Lipinski definition) is 4. The van der Waals surface area contributed by atoms with Gasteiger partial charge in [-0.25, -0.2) is 0 Å². The minimum absolute atomic E-state index is 0.0351. The molecule has 4 nitrogen and oxygen atoms in total. The summed E-state index contributed by atoms with van der Waals surface area (Å²) in [5.74, 6) is -0.454. The van der Waals surface area contributed by atoms with Gasteiger partial charge in [0, 0.05) is 11.5 Å². The summed E-state index contributed by atoms with van der Waals surface area (Å²) in [7, 11) is 0. The molecule has 0 radical (unpaired) electrons. The molecular weight excluding hydrogens is 304 g/mol. The van der Waals surface area contributed by atoms with Crippen LogP contribution in [-0.2, 0) is 6.42 Å². The predicted molar refractivity (Wildman–Crippen MR) is 95.8 cm³/mol. The molecule has 0 spiro atoms. The second-order valence-corrected chi connectivity index (χ2v) is 7.34. The third-order valence-corrected chi connectivity index (χ3v) is 4.04. The van der Waals surface area contributed by atoms with E-state index in [4.69, 9.17) is 4.74 Å². The minimum Gasteiger partial charge on any atom is -0.507 e. The molecule has 1 aromatic carbocycles. The van der Waals surface area contributed by atoms with Crippen LogP contribution in [-0.4, -0.2) is 21.6 Å². The van der Waals surface area contributed by atoms with Crippen LogP contribution in [0.3, 0.4) is 0 Å². The number of benzene rings is 1. The first kappa shape index (κ1) is 18.1. The van der Waals surface area contributed by atoms with Crippen LogP contribution >= 0.6 is 0 Å². The fraction of sp³-hybridized carbons (Fsp3) is 0.450. The summed E-state index contributed by atoms with van der Waals surface area (Å²) in [6.07, 6.45) is 5.85. The van der Waals surface area contributed by atoms with Gasteiger partial charge in [0.25, 0.3) is 0 Å². The Morgan fingerprint density at radius 1 is 1.25 bits per heavy atom. The Bertz CT molecular complexity index is 733. The Morgan fingerprint density at radius 2 is 1.88 bits per heavy atom. The normalized spacial score (nSPS) is 15.0. The minimum atomic E-state index is -0.612. The molecule has 1 heterocycles. The smallest absolute Gasteiger partial charge is 0.172 e. The predicted octanol–water partition coefficient (Wildman–Crippen LogP) is 4.63. The van der Waals surface area contributed by atoms with Gasteiger partial charge in [0.15, 0.2) is 5.78 Å². The molecule has 2 N–H and O–H groups in total. The van der Waals surface area contributed by atoms with Crippen molar-refractivity contribution in [3.05, 3.63) is 34.4 Å². The Kier molecular flexibility index (Phi) is 4.79. The molecule has 2 rings (SSSR count). The van der Waals surface area contributed by atoms with Gasteiger partial charge in [-0.3, -0.25) is 4.79 Å². The van der Waals surface area contributed by atoms with Crippen molar-refractivity contribution >= 4 is 11.9 Å². The molecular formula is C20H26O4. The third-order valence-electron chi connectivity index (χ3n) is 4.04. The van der Waals surface area contributed by atoms with Crippen molar-refractivity contribution in [1.29, 1.82) is 0 Å². The monoisotopic (exact) mass is 330 g/mol. The van der Waals surface area contributed by atoms with Crippen molar-refractivity contribution in [3.8, 4) is 17.2 Å². The van der Waals surface area contributed by atoms with Crippen molar-refractivity contribution < 1.29 is 19.7 Å². The molecule has 0 aromatic heterocycles. The van der Waals surface area contributed by atoms with E-state index in [1.165, 1.54) is 0 Å². The van der Waals surface area contributed by atoms with Gasteiger partial charge in [-0.05, 0) is 46.3 Å². The molecule has 1 aromatic rings. The van der Waals surface area contributed by atoms with E-state index in [9.17, 15) is 15.0 Å². The number of carbonyl (C=O) groups excluding carboxylic acids is 1. The molecule has 0 saturated carbocycles. The number of Topliss-reactive ketones (excluding diaryl/α,β-unsaturated/α-hetero) is 1. The summed E-state index contributed by atoms with van der Waals surface area (Å²) in [6.45, 7) is 11.2.